The van der Waals surface area contributed by atoms with E-state index in [1.165, 1.54) is 0 Å². The SMILES string of the molecule is CCCCNC(=P)/C(C)=C/c1cc(C#N)cc(-c2ccc(Cl)c(Cl)c2)c1C. The molecule has 2 aromatic carbocycles. The van der Waals surface area contributed by atoms with E-state index >= 15 is 0 Å². The zero-order valence-electron chi connectivity index (χ0n) is 15.8. The number of nitrogens with one attached hydrogen (secondary N) is 1. The van der Waals surface area contributed by atoms with E-state index in [0.717, 1.165) is 52.6 Å². The molecule has 0 aliphatic carbocycles. The van der Waals surface area contributed by atoms with Gasteiger partial charge in [-0.2, -0.15) is 5.26 Å². The average Bonchev–Trinajstić information content (AvgIpc) is 2.65. The maximum absolute atomic E-state index is 9.46. The first-order chi connectivity index (χ1) is 12.9. The topological polar surface area (TPSA) is 35.8 Å². The molecule has 0 spiro atoms. The van der Waals surface area contributed by atoms with Crippen LogP contribution < -0.4 is 5.32 Å². The third kappa shape index (κ3) is 5.68. The summed E-state index contributed by atoms with van der Waals surface area (Å²) in [7, 11) is 3.67. The van der Waals surface area contributed by atoms with E-state index in [1.54, 1.807) is 6.07 Å². The average molecular weight is 417 g/mol. The molecule has 0 unspecified atom stereocenters. The van der Waals surface area contributed by atoms with Crippen LogP contribution in [-0.2, 0) is 0 Å². The van der Waals surface area contributed by atoms with Gasteiger partial charge in [-0.05, 0) is 78.4 Å². The number of hydrogen-bond acceptors (Lipinski definition) is 1. The second-order valence-electron chi connectivity index (χ2n) is 6.46. The summed E-state index contributed by atoms with van der Waals surface area (Å²) in [4.78, 5) is 0. The molecule has 0 aliphatic rings. The van der Waals surface area contributed by atoms with Crippen LogP contribution in [0.1, 0.15) is 43.4 Å². The number of hydrogen-bond donors (Lipinski definition) is 1. The Labute approximate surface area is 174 Å². The number of unbranched alkanes of at least 4 members (excludes halogenated alkanes) is 1. The number of nitriles is 1. The zero-order chi connectivity index (χ0) is 20.0. The molecule has 2 aromatic rings. The van der Waals surface area contributed by atoms with Gasteiger partial charge < -0.3 is 0 Å². The Morgan fingerprint density at radius 3 is 2.59 bits per heavy atom. The first-order valence-electron chi connectivity index (χ1n) is 8.88. The lowest BCUT2D eigenvalue weighted by molar-refractivity contribution is 0.758. The van der Waals surface area contributed by atoms with Crippen molar-refractivity contribution < 1.29 is 0 Å². The second kappa shape index (κ2) is 10.1. The van der Waals surface area contributed by atoms with Gasteiger partial charge in [0, 0.05) is 12.0 Å². The molecule has 27 heavy (non-hydrogen) atoms. The van der Waals surface area contributed by atoms with Gasteiger partial charge in [0.05, 0.1) is 21.7 Å². The van der Waals surface area contributed by atoms with Gasteiger partial charge in [0.1, 0.15) is 0 Å². The maximum atomic E-state index is 9.46. The fourth-order valence-electron chi connectivity index (χ4n) is 2.75. The van der Waals surface area contributed by atoms with Crippen molar-refractivity contribution >= 4 is 43.6 Å². The summed E-state index contributed by atoms with van der Waals surface area (Å²) in [5.74, 6) is 0. The van der Waals surface area contributed by atoms with E-state index in [1.807, 2.05) is 31.2 Å². The molecule has 1 N–H and O–H groups in total. The van der Waals surface area contributed by atoms with Gasteiger partial charge in [-0.15, -0.1) is 8.86 Å². The molecular formula is C22H23Cl2N2P. The van der Waals surface area contributed by atoms with E-state index in [9.17, 15) is 5.26 Å². The van der Waals surface area contributed by atoms with Crippen molar-refractivity contribution in [3.63, 3.8) is 0 Å². The van der Waals surface area contributed by atoms with Crippen molar-refractivity contribution in [2.24, 2.45) is 0 Å². The lowest BCUT2D eigenvalue weighted by Gasteiger charge is -2.13. The molecule has 0 atom stereocenters. The van der Waals surface area contributed by atoms with Crippen LogP contribution in [0.2, 0.25) is 10.0 Å². The van der Waals surface area contributed by atoms with Gasteiger partial charge in [0.15, 0.2) is 0 Å². The number of benzene rings is 2. The van der Waals surface area contributed by atoms with E-state index in [4.69, 9.17) is 23.2 Å². The molecule has 0 saturated heterocycles. The van der Waals surface area contributed by atoms with E-state index in [2.05, 4.69) is 40.2 Å². The molecule has 140 valence electrons. The van der Waals surface area contributed by atoms with Crippen LogP contribution in [0.5, 0.6) is 0 Å². The van der Waals surface area contributed by atoms with Crippen molar-refractivity contribution in [3.8, 4) is 17.2 Å². The van der Waals surface area contributed by atoms with E-state index < -0.39 is 0 Å². The van der Waals surface area contributed by atoms with Crippen molar-refractivity contribution in [2.75, 3.05) is 6.54 Å². The number of nitrogens with zero attached hydrogens (tertiary/aromatic N) is 1. The summed E-state index contributed by atoms with van der Waals surface area (Å²) in [5.41, 5.74) is 6.63. The highest BCUT2D eigenvalue weighted by Gasteiger charge is 2.11. The Morgan fingerprint density at radius 1 is 1.22 bits per heavy atom. The molecular weight excluding hydrogens is 394 g/mol. The fraction of sp³-hybridized carbons (Fsp3) is 0.273. The largest absolute Gasteiger partial charge is 0.285 e. The van der Waals surface area contributed by atoms with Crippen LogP contribution in [0.15, 0.2) is 35.9 Å². The molecule has 2 nitrogen and oxygen atoms in total. The predicted molar refractivity (Wildman–Crippen MR) is 121 cm³/mol. The summed E-state index contributed by atoms with van der Waals surface area (Å²) in [6.07, 6.45) is 4.34. The highest BCUT2D eigenvalue weighted by atomic mass is 35.5. The molecule has 0 aromatic heterocycles. The fourth-order valence-corrected chi connectivity index (χ4v) is 3.24. The normalized spacial score (nSPS) is 11.3. The lowest BCUT2D eigenvalue weighted by atomic mass is 9.93. The minimum absolute atomic E-state index is 0.500. The monoisotopic (exact) mass is 416 g/mol. The molecule has 2 rings (SSSR count). The summed E-state index contributed by atoms with van der Waals surface area (Å²) < 4.78 is 0. The molecule has 0 radical (unpaired) electrons. The van der Waals surface area contributed by atoms with Crippen LogP contribution in [0.25, 0.3) is 17.2 Å². The third-order valence-corrected chi connectivity index (χ3v) is 5.72. The molecule has 0 amide bonds. The zero-order valence-corrected chi connectivity index (χ0v) is 18.3. The Hall–Kier alpha value is -1.62. The van der Waals surface area contributed by atoms with Crippen molar-refractivity contribution in [3.05, 3.63) is 62.6 Å². The number of halogens is 2. The van der Waals surface area contributed by atoms with Crippen LogP contribution in [0.3, 0.4) is 0 Å². The highest BCUT2D eigenvalue weighted by Crippen LogP contribution is 2.33. The summed E-state index contributed by atoms with van der Waals surface area (Å²) in [5, 5.41) is 13.9. The summed E-state index contributed by atoms with van der Waals surface area (Å²) in [6.45, 7) is 7.18. The minimum atomic E-state index is 0.500. The van der Waals surface area contributed by atoms with Crippen molar-refractivity contribution in [1.29, 1.82) is 5.26 Å². The standard InChI is InChI=1S/C22H23Cl2N2P/c1-4-5-8-26-22(27)14(2)9-18-10-16(13-25)11-19(15(18)3)17-6-7-20(23)21(24)12-17/h6-7,9-12,26-27H,4-5,8H2,1-3H3/b14-9+. The predicted octanol–water partition coefficient (Wildman–Crippen LogP) is 6.91. The van der Waals surface area contributed by atoms with E-state index in [0.29, 0.717) is 15.6 Å². The van der Waals surface area contributed by atoms with Gasteiger partial charge in [0.2, 0.25) is 0 Å². The Morgan fingerprint density at radius 2 is 1.96 bits per heavy atom. The Kier molecular flexibility index (Phi) is 8.08. The van der Waals surface area contributed by atoms with Crippen LogP contribution >= 0.6 is 32.1 Å². The van der Waals surface area contributed by atoms with E-state index in [-0.39, 0.29) is 0 Å². The van der Waals surface area contributed by atoms with Gasteiger partial charge in [0.25, 0.3) is 0 Å². The van der Waals surface area contributed by atoms with Crippen molar-refractivity contribution in [2.45, 2.75) is 33.6 Å². The highest BCUT2D eigenvalue weighted by molar-refractivity contribution is 7.22. The summed E-state index contributed by atoms with van der Waals surface area (Å²) in [6, 6.07) is 11.6. The number of rotatable bonds is 7. The molecule has 0 heterocycles. The Bertz CT molecular complexity index is 927. The van der Waals surface area contributed by atoms with Gasteiger partial charge in [-0.1, -0.05) is 42.6 Å². The molecule has 0 aliphatic heterocycles. The summed E-state index contributed by atoms with van der Waals surface area (Å²) >= 11 is 12.2. The second-order valence-corrected chi connectivity index (χ2v) is 7.78. The lowest BCUT2D eigenvalue weighted by Crippen LogP contribution is -2.22. The smallest absolute Gasteiger partial charge is 0.0992 e. The van der Waals surface area contributed by atoms with Crippen LogP contribution in [0, 0.1) is 18.3 Å². The van der Waals surface area contributed by atoms with Crippen LogP contribution in [0.4, 0.5) is 0 Å². The Balaban J connectivity index is 2.46. The minimum Gasteiger partial charge on any atom is -0.285 e. The molecule has 0 saturated carbocycles. The molecule has 0 bridgehead atoms. The van der Waals surface area contributed by atoms with Gasteiger partial charge in [-0.25, -0.2) is 0 Å². The van der Waals surface area contributed by atoms with Gasteiger partial charge >= 0.3 is 0 Å². The first-order valence-corrected chi connectivity index (χ1v) is 10.1. The van der Waals surface area contributed by atoms with Gasteiger partial charge in [-0.3, -0.25) is 5.32 Å². The van der Waals surface area contributed by atoms with Crippen LogP contribution in [-0.4, -0.2) is 12.0 Å². The maximum Gasteiger partial charge on any atom is 0.0992 e. The quantitative estimate of drug-likeness (QED) is 0.393. The molecule has 5 heteroatoms. The molecule has 0 fully saturated rings. The van der Waals surface area contributed by atoms with Crippen molar-refractivity contribution in [1.82, 2.24) is 5.32 Å². The third-order valence-electron chi connectivity index (χ3n) is 4.41. The first kappa shape index (κ1) is 21.7.